The summed E-state index contributed by atoms with van der Waals surface area (Å²) in [5.74, 6) is 1.12. The average Bonchev–Trinajstić information content (AvgIpc) is 2.26. The monoisotopic (exact) mass is 305 g/mol. The van der Waals surface area contributed by atoms with Crippen molar-refractivity contribution < 1.29 is 18.0 Å². The SMILES string of the molecule is C#CC(=O)N(C)c1cc(C(F)(F)F)ccc1Br. The molecule has 0 unspecified atom stereocenters. The molecule has 1 amide bonds. The van der Waals surface area contributed by atoms with Gasteiger partial charge in [-0.15, -0.1) is 6.42 Å². The molecule has 17 heavy (non-hydrogen) atoms. The molecule has 90 valence electrons. The van der Waals surface area contributed by atoms with E-state index in [9.17, 15) is 18.0 Å². The first-order chi connectivity index (χ1) is 7.77. The third-order valence-electron chi connectivity index (χ3n) is 2.06. The number of carbonyl (C=O) groups is 1. The molecule has 1 aromatic rings. The van der Waals surface area contributed by atoms with E-state index in [4.69, 9.17) is 6.42 Å². The van der Waals surface area contributed by atoms with Crippen LogP contribution in [-0.4, -0.2) is 13.0 Å². The zero-order chi connectivity index (χ0) is 13.2. The summed E-state index contributed by atoms with van der Waals surface area (Å²) in [5.41, 5.74) is -0.768. The number of carbonyl (C=O) groups excluding carboxylic acids is 1. The maximum Gasteiger partial charge on any atom is 0.416 e. The maximum atomic E-state index is 12.5. The van der Waals surface area contributed by atoms with Gasteiger partial charge in [0.1, 0.15) is 0 Å². The van der Waals surface area contributed by atoms with Gasteiger partial charge in [0.15, 0.2) is 0 Å². The summed E-state index contributed by atoms with van der Waals surface area (Å²) in [6.07, 6.45) is 0.443. The lowest BCUT2D eigenvalue weighted by Crippen LogP contribution is -2.25. The van der Waals surface area contributed by atoms with E-state index in [2.05, 4.69) is 15.9 Å². The van der Waals surface area contributed by atoms with E-state index < -0.39 is 17.6 Å². The predicted molar refractivity (Wildman–Crippen MR) is 61.4 cm³/mol. The Hall–Kier alpha value is -1.48. The molecule has 1 rings (SSSR count). The number of alkyl halides is 3. The van der Waals surface area contributed by atoms with E-state index in [0.29, 0.717) is 4.47 Å². The van der Waals surface area contributed by atoms with Gasteiger partial charge < -0.3 is 4.90 Å². The normalized spacial score (nSPS) is 10.8. The number of terminal acetylenes is 1. The number of halogens is 4. The van der Waals surface area contributed by atoms with Crippen molar-refractivity contribution in [2.45, 2.75) is 6.18 Å². The second-order valence-corrected chi connectivity index (χ2v) is 4.03. The smallest absolute Gasteiger partial charge is 0.304 e. The zero-order valence-corrected chi connectivity index (χ0v) is 10.3. The lowest BCUT2D eigenvalue weighted by Gasteiger charge is -2.17. The molecule has 0 aliphatic heterocycles. The van der Waals surface area contributed by atoms with Crippen LogP contribution in [0.15, 0.2) is 22.7 Å². The molecule has 1 aromatic carbocycles. The molecular formula is C11H7BrF3NO. The van der Waals surface area contributed by atoms with Crippen molar-refractivity contribution in [1.82, 2.24) is 0 Å². The number of amides is 1. The number of hydrogen-bond donors (Lipinski definition) is 0. The molecule has 6 heteroatoms. The van der Waals surface area contributed by atoms with Crippen LogP contribution in [0.5, 0.6) is 0 Å². The lowest BCUT2D eigenvalue weighted by atomic mass is 10.2. The molecule has 0 bridgehead atoms. The molecule has 0 spiro atoms. The number of benzene rings is 1. The van der Waals surface area contributed by atoms with Crippen molar-refractivity contribution in [2.24, 2.45) is 0 Å². The van der Waals surface area contributed by atoms with Gasteiger partial charge in [0.25, 0.3) is 0 Å². The van der Waals surface area contributed by atoms with Crippen molar-refractivity contribution in [1.29, 1.82) is 0 Å². The molecule has 0 atom stereocenters. The number of nitrogens with zero attached hydrogens (tertiary/aromatic N) is 1. The molecule has 0 saturated heterocycles. The van der Waals surface area contributed by atoms with Crippen LogP contribution in [0.1, 0.15) is 5.56 Å². The number of rotatable bonds is 1. The molecule has 0 radical (unpaired) electrons. The van der Waals surface area contributed by atoms with E-state index in [-0.39, 0.29) is 5.69 Å². The summed E-state index contributed by atoms with van der Waals surface area (Å²) in [7, 11) is 1.31. The van der Waals surface area contributed by atoms with Crippen LogP contribution in [0.3, 0.4) is 0 Å². The fourth-order valence-electron chi connectivity index (χ4n) is 1.15. The van der Waals surface area contributed by atoms with E-state index in [0.717, 1.165) is 17.0 Å². The zero-order valence-electron chi connectivity index (χ0n) is 8.68. The Bertz CT molecular complexity index is 490. The van der Waals surface area contributed by atoms with Gasteiger partial charge in [0.2, 0.25) is 0 Å². The Balaban J connectivity index is 3.25. The summed E-state index contributed by atoms with van der Waals surface area (Å²) in [6.45, 7) is 0. The minimum atomic E-state index is -4.46. The number of hydrogen-bond acceptors (Lipinski definition) is 1. The third-order valence-corrected chi connectivity index (χ3v) is 2.73. The van der Waals surface area contributed by atoms with Crippen LogP contribution < -0.4 is 4.90 Å². The first kappa shape index (κ1) is 13.6. The average molecular weight is 306 g/mol. The molecule has 0 N–H and O–H groups in total. The van der Waals surface area contributed by atoms with Gasteiger partial charge in [0, 0.05) is 11.5 Å². The van der Waals surface area contributed by atoms with Gasteiger partial charge in [-0.2, -0.15) is 13.2 Å². The van der Waals surface area contributed by atoms with Crippen molar-refractivity contribution in [3.63, 3.8) is 0 Å². The van der Waals surface area contributed by atoms with E-state index in [1.165, 1.54) is 13.1 Å². The summed E-state index contributed by atoms with van der Waals surface area (Å²) >= 11 is 3.07. The Morgan fingerprint density at radius 3 is 2.53 bits per heavy atom. The molecule has 0 aliphatic rings. The first-order valence-corrected chi connectivity index (χ1v) is 5.17. The quantitative estimate of drug-likeness (QED) is 0.730. The summed E-state index contributed by atoms with van der Waals surface area (Å²) in [6, 6.07) is 3.00. The van der Waals surface area contributed by atoms with Crippen LogP contribution in [0, 0.1) is 12.3 Å². The molecular weight excluding hydrogens is 299 g/mol. The van der Waals surface area contributed by atoms with Crippen molar-refractivity contribution in [3.8, 4) is 12.3 Å². The van der Waals surface area contributed by atoms with Crippen LogP contribution >= 0.6 is 15.9 Å². The Morgan fingerprint density at radius 1 is 1.47 bits per heavy atom. The van der Waals surface area contributed by atoms with Crippen LogP contribution in [-0.2, 0) is 11.0 Å². The highest BCUT2D eigenvalue weighted by Crippen LogP contribution is 2.35. The minimum absolute atomic E-state index is 0.0720. The van der Waals surface area contributed by atoms with Crippen LogP contribution in [0.25, 0.3) is 0 Å². The molecule has 0 aliphatic carbocycles. The van der Waals surface area contributed by atoms with Gasteiger partial charge in [-0.1, -0.05) is 0 Å². The van der Waals surface area contributed by atoms with Gasteiger partial charge in [-0.3, -0.25) is 4.79 Å². The van der Waals surface area contributed by atoms with E-state index in [1.807, 2.05) is 5.92 Å². The molecule has 2 nitrogen and oxygen atoms in total. The van der Waals surface area contributed by atoms with Crippen LogP contribution in [0.4, 0.5) is 18.9 Å². The van der Waals surface area contributed by atoms with Crippen molar-refractivity contribution >= 4 is 27.5 Å². The van der Waals surface area contributed by atoms with Gasteiger partial charge in [0.05, 0.1) is 11.3 Å². The van der Waals surface area contributed by atoms with Crippen LogP contribution in [0.2, 0.25) is 0 Å². The Kier molecular flexibility index (Phi) is 3.83. The largest absolute Gasteiger partial charge is 0.416 e. The predicted octanol–water partition coefficient (Wildman–Crippen LogP) is 3.06. The second-order valence-electron chi connectivity index (χ2n) is 3.17. The third kappa shape index (κ3) is 3.01. The topological polar surface area (TPSA) is 20.3 Å². The van der Waals surface area contributed by atoms with Crippen molar-refractivity contribution in [3.05, 3.63) is 28.2 Å². The fourth-order valence-corrected chi connectivity index (χ4v) is 1.66. The fraction of sp³-hybridized carbons (Fsp3) is 0.182. The standard InChI is InChI=1S/C11H7BrF3NO/c1-3-10(17)16(2)9-6-7(11(13,14)15)4-5-8(9)12/h1,4-6H,2H3. The molecule has 0 heterocycles. The first-order valence-electron chi connectivity index (χ1n) is 4.38. The Labute approximate surface area is 105 Å². The lowest BCUT2D eigenvalue weighted by molar-refractivity contribution is -0.137. The van der Waals surface area contributed by atoms with Gasteiger partial charge >= 0.3 is 12.1 Å². The summed E-state index contributed by atoms with van der Waals surface area (Å²) in [4.78, 5) is 12.2. The molecule has 0 aromatic heterocycles. The summed E-state index contributed by atoms with van der Waals surface area (Å²) < 4.78 is 37.8. The molecule has 0 saturated carbocycles. The van der Waals surface area contributed by atoms with Crippen molar-refractivity contribution in [2.75, 3.05) is 11.9 Å². The van der Waals surface area contributed by atoms with Gasteiger partial charge in [-0.05, 0) is 40.0 Å². The maximum absolute atomic E-state index is 12.5. The second kappa shape index (κ2) is 4.80. The highest BCUT2D eigenvalue weighted by molar-refractivity contribution is 9.10. The van der Waals surface area contributed by atoms with E-state index in [1.54, 1.807) is 0 Å². The van der Waals surface area contributed by atoms with Gasteiger partial charge in [-0.25, -0.2) is 0 Å². The highest BCUT2D eigenvalue weighted by atomic mass is 79.9. The summed E-state index contributed by atoms with van der Waals surface area (Å²) in [5, 5.41) is 0. The highest BCUT2D eigenvalue weighted by Gasteiger charge is 2.31. The Morgan fingerprint density at radius 2 is 2.06 bits per heavy atom. The number of anilines is 1. The van der Waals surface area contributed by atoms with E-state index >= 15 is 0 Å². The minimum Gasteiger partial charge on any atom is -0.304 e. The molecule has 0 fully saturated rings.